The van der Waals surface area contributed by atoms with E-state index in [1.807, 2.05) is 18.2 Å². The number of hydrogen-bond acceptors (Lipinski definition) is 7. The van der Waals surface area contributed by atoms with Crippen LogP contribution in [-0.4, -0.2) is 42.4 Å². The molecule has 0 saturated carbocycles. The van der Waals surface area contributed by atoms with Crippen LogP contribution in [-0.2, 0) is 0 Å². The van der Waals surface area contributed by atoms with Crippen molar-refractivity contribution in [3.8, 4) is 22.9 Å². The third-order valence-corrected chi connectivity index (χ3v) is 6.34. The lowest BCUT2D eigenvalue weighted by Crippen LogP contribution is -2.22. The van der Waals surface area contributed by atoms with Gasteiger partial charge in [-0.15, -0.1) is 0 Å². The molecule has 0 bridgehead atoms. The number of carbonyl (C=O) groups is 1. The van der Waals surface area contributed by atoms with Crippen molar-refractivity contribution in [3.63, 3.8) is 0 Å². The lowest BCUT2D eigenvalue weighted by Gasteiger charge is -2.17. The van der Waals surface area contributed by atoms with Crippen LogP contribution >= 0.6 is 23.4 Å². The second-order valence-electron chi connectivity index (χ2n) is 7.13. The number of thioether (sulfide) groups is 1. The Hall–Kier alpha value is -3.49. The second-order valence-corrected chi connectivity index (χ2v) is 8.51. The van der Waals surface area contributed by atoms with E-state index in [0.29, 0.717) is 43.8 Å². The number of Topliss-reactive ketones (excluding diaryl/α,β-unsaturated/α-hetero) is 1. The van der Waals surface area contributed by atoms with Crippen molar-refractivity contribution in [2.45, 2.75) is 5.16 Å². The predicted molar refractivity (Wildman–Crippen MR) is 134 cm³/mol. The number of ketones is 1. The summed E-state index contributed by atoms with van der Waals surface area (Å²) in [6.45, 7) is 0. The fourth-order valence-electron chi connectivity index (χ4n) is 3.52. The summed E-state index contributed by atoms with van der Waals surface area (Å²) >= 11 is 7.09. The summed E-state index contributed by atoms with van der Waals surface area (Å²) in [5, 5.41) is 1.19. The van der Waals surface area contributed by atoms with Crippen LogP contribution in [0.2, 0.25) is 5.02 Å². The topological polar surface area (TPSA) is 79.7 Å². The molecule has 1 aromatic heterocycles. The summed E-state index contributed by atoms with van der Waals surface area (Å²) < 4.78 is 17.9. The summed E-state index contributed by atoms with van der Waals surface area (Å²) in [4.78, 5) is 31.2. The number of aromatic nitrogens is 2. The van der Waals surface area contributed by atoms with Crippen molar-refractivity contribution in [2.75, 3.05) is 27.1 Å². The lowest BCUT2D eigenvalue weighted by molar-refractivity contribution is 0.102. The Morgan fingerprint density at radius 1 is 0.971 bits per heavy atom. The molecule has 34 heavy (non-hydrogen) atoms. The van der Waals surface area contributed by atoms with Gasteiger partial charge in [0.1, 0.15) is 5.52 Å². The first-order valence-electron chi connectivity index (χ1n) is 10.2. The van der Waals surface area contributed by atoms with E-state index in [0.717, 1.165) is 11.8 Å². The van der Waals surface area contributed by atoms with Crippen molar-refractivity contribution in [2.24, 2.45) is 0 Å². The molecule has 0 aliphatic rings. The maximum absolute atomic E-state index is 13.7. The Morgan fingerprint density at radius 2 is 1.65 bits per heavy atom. The van der Waals surface area contributed by atoms with Gasteiger partial charge in [0, 0.05) is 10.6 Å². The Bertz CT molecular complexity index is 1410. The highest BCUT2D eigenvalue weighted by molar-refractivity contribution is 7.99. The highest BCUT2D eigenvalue weighted by Gasteiger charge is 2.23. The Morgan fingerprint density at radius 3 is 2.26 bits per heavy atom. The minimum Gasteiger partial charge on any atom is -0.493 e. The van der Waals surface area contributed by atoms with Gasteiger partial charge in [0.2, 0.25) is 5.75 Å². The van der Waals surface area contributed by atoms with Gasteiger partial charge in [-0.3, -0.25) is 14.2 Å². The molecule has 0 radical (unpaired) electrons. The van der Waals surface area contributed by atoms with Crippen LogP contribution < -0.4 is 19.8 Å². The molecule has 7 nitrogen and oxygen atoms in total. The Kier molecular flexibility index (Phi) is 7.09. The highest BCUT2D eigenvalue weighted by Crippen LogP contribution is 2.42. The number of nitrogens with zero attached hydrogens (tertiary/aromatic N) is 2. The van der Waals surface area contributed by atoms with Crippen LogP contribution in [0.5, 0.6) is 17.2 Å². The lowest BCUT2D eigenvalue weighted by atomic mass is 10.1. The van der Waals surface area contributed by atoms with Gasteiger partial charge in [-0.25, -0.2) is 4.98 Å². The molecular weight excluding hydrogens is 476 g/mol. The molecule has 4 rings (SSSR count). The summed E-state index contributed by atoms with van der Waals surface area (Å²) in [7, 11) is 4.44. The number of carbonyl (C=O) groups excluding carboxylic acids is 1. The van der Waals surface area contributed by atoms with Crippen LogP contribution in [0.15, 0.2) is 70.6 Å². The quantitative estimate of drug-likeness (QED) is 0.192. The molecule has 0 N–H and O–H groups in total. The summed E-state index contributed by atoms with van der Waals surface area (Å²) in [6.07, 6.45) is 0. The first-order chi connectivity index (χ1) is 16.5. The van der Waals surface area contributed by atoms with Gasteiger partial charge in [-0.2, -0.15) is 0 Å². The van der Waals surface area contributed by atoms with Gasteiger partial charge < -0.3 is 14.2 Å². The van der Waals surface area contributed by atoms with Crippen LogP contribution in [0.4, 0.5) is 0 Å². The first-order valence-corrected chi connectivity index (χ1v) is 11.6. The molecule has 0 aliphatic carbocycles. The number of benzene rings is 3. The van der Waals surface area contributed by atoms with Crippen molar-refractivity contribution in [1.82, 2.24) is 9.55 Å². The van der Waals surface area contributed by atoms with E-state index in [1.54, 1.807) is 42.5 Å². The van der Waals surface area contributed by atoms with Crippen molar-refractivity contribution in [3.05, 3.63) is 81.6 Å². The molecule has 9 heteroatoms. The second kappa shape index (κ2) is 10.2. The van der Waals surface area contributed by atoms with Crippen molar-refractivity contribution < 1.29 is 19.0 Å². The van der Waals surface area contributed by atoms with Crippen molar-refractivity contribution >= 4 is 40.0 Å². The van der Waals surface area contributed by atoms with E-state index in [9.17, 15) is 9.59 Å². The van der Waals surface area contributed by atoms with Gasteiger partial charge in [-0.05, 0) is 42.5 Å². The predicted octanol–water partition coefficient (Wildman–Crippen LogP) is 5.04. The molecule has 0 amide bonds. The van der Waals surface area contributed by atoms with Crippen LogP contribution in [0, 0.1) is 0 Å². The SMILES string of the molecule is COc1cc2c(=O)n(-c3ccccc3)c(SCC(=O)c3ccc(Cl)cc3)nc2c(OC)c1OC. The van der Waals surface area contributed by atoms with Crippen LogP contribution in [0.25, 0.3) is 16.6 Å². The molecule has 1 heterocycles. The highest BCUT2D eigenvalue weighted by atomic mass is 35.5. The van der Waals surface area contributed by atoms with Gasteiger partial charge >= 0.3 is 0 Å². The molecule has 4 aromatic rings. The molecule has 0 aliphatic heterocycles. The minimum absolute atomic E-state index is 0.0714. The number of halogens is 1. The standard InChI is InChI=1S/C25H21ClN2O5S/c1-31-20-13-18-21(23(33-3)22(20)32-2)27-25(28(24(18)30)17-7-5-4-6-8-17)34-14-19(29)15-9-11-16(26)12-10-15/h4-13H,14H2,1-3H3. The molecule has 0 saturated heterocycles. The first kappa shape index (κ1) is 23.7. The van der Waals surface area contributed by atoms with E-state index in [-0.39, 0.29) is 22.8 Å². The smallest absolute Gasteiger partial charge is 0.266 e. The normalized spacial score (nSPS) is 10.8. The minimum atomic E-state index is -0.322. The molecule has 0 unspecified atom stereocenters. The largest absolute Gasteiger partial charge is 0.493 e. The fourth-order valence-corrected chi connectivity index (χ4v) is 4.54. The van der Waals surface area contributed by atoms with Gasteiger partial charge in [0.15, 0.2) is 22.4 Å². The number of hydrogen-bond donors (Lipinski definition) is 0. The number of fused-ring (bicyclic) bond motifs is 1. The number of methoxy groups -OCH3 is 3. The molecular formula is C25H21ClN2O5S. The van der Waals surface area contributed by atoms with E-state index in [1.165, 1.54) is 25.9 Å². The van der Waals surface area contributed by atoms with Gasteiger partial charge in [0.25, 0.3) is 5.56 Å². The number of rotatable bonds is 8. The zero-order chi connectivity index (χ0) is 24.2. The average Bonchev–Trinajstić information content (AvgIpc) is 2.87. The summed E-state index contributed by atoms with van der Waals surface area (Å²) in [5.41, 5.74) is 1.14. The third-order valence-electron chi connectivity index (χ3n) is 5.15. The van der Waals surface area contributed by atoms with Gasteiger partial charge in [-0.1, -0.05) is 41.6 Å². The summed E-state index contributed by atoms with van der Waals surface area (Å²) in [6, 6.07) is 17.4. The molecule has 0 atom stereocenters. The average molecular weight is 497 g/mol. The Balaban J connectivity index is 1.88. The van der Waals surface area contributed by atoms with Crippen LogP contribution in [0.3, 0.4) is 0 Å². The third kappa shape index (κ3) is 4.47. The molecule has 0 fully saturated rings. The van der Waals surface area contributed by atoms with E-state index in [4.69, 9.17) is 30.8 Å². The molecule has 0 spiro atoms. The zero-order valence-electron chi connectivity index (χ0n) is 18.7. The zero-order valence-corrected chi connectivity index (χ0v) is 20.3. The maximum Gasteiger partial charge on any atom is 0.266 e. The van der Waals surface area contributed by atoms with E-state index in [2.05, 4.69) is 0 Å². The number of ether oxygens (including phenoxy) is 3. The monoisotopic (exact) mass is 496 g/mol. The number of para-hydroxylation sites is 1. The van der Waals surface area contributed by atoms with Gasteiger partial charge in [0.05, 0.1) is 38.2 Å². The maximum atomic E-state index is 13.7. The molecule has 3 aromatic carbocycles. The van der Waals surface area contributed by atoms with E-state index < -0.39 is 0 Å². The van der Waals surface area contributed by atoms with Crippen LogP contribution in [0.1, 0.15) is 10.4 Å². The Labute approximate surface area is 205 Å². The van der Waals surface area contributed by atoms with E-state index >= 15 is 0 Å². The fraction of sp³-hybridized carbons (Fsp3) is 0.160. The summed E-state index contributed by atoms with van der Waals surface area (Å²) in [5.74, 6) is 0.913. The van der Waals surface area contributed by atoms with Crippen molar-refractivity contribution in [1.29, 1.82) is 0 Å². The molecule has 174 valence electrons.